The Bertz CT molecular complexity index is 247. The third-order valence-electron chi connectivity index (χ3n) is 3.07. The molecule has 4 heteroatoms. The normalized spacial score (nSPS) is 17.2. The Hall–Kier alpha value is -0.640. The van der Waals surface area contributed by atoms with Crippen molar-refractivity contribution in [2.24, 2.45) is 5.92 Å². The SMILES string of the molecule is CCCCC(=O)NC(=S)N1CCC(C)CC1. The summed E-state index contributed by atoms with van der Waals surface area (Å²) in [4.78, 5) is 13.6. The highest BCUT2D eigenvalue weighted by Crippen LogP contribution is 2.15. The number of piperidine rings is 1. The van der Waals surface area contributed by atoms with Gasteiger partial charge in [0.2, 0.25) is 5.91 Å². The summed E-state index contributed by atoms with van der Waals surface area (Å²) < 4.78 is 0. The minimum Gasteiger partial charge on any atom is -0.349 e. The average Bonchev–Trinajstić information content (AvgIpc) is 2.27. The molecule has 0 atom stereocenters. The van der Waals surface area contributed by atoms with Crippen molar-refractivity contribution < 1.29 is 4.79 Å². The van der Waals surface area contributed by atoms with Gasteiger partial charge >= 0.3 is 0 Å². The molecule has 0 bridgehead atoms. The highest BCUT2D eigenvalue weighted by Gasteiger charge is 2.18. The third kappa shape index (κ3) is 4.47. The number of unbranched alkanes of at least 4 members (excludes halogenated alkanes) is 1. The molecule has 0 unspecified atom stereocenters. The van der Waals surface area contributed by atoms with E-state index in [1.807, 2.05) is 0 Å². The van der Waals surface area contributed by atoms with E-state index in [9.17, 15) is 4.79 Å². The van der Waals surface area contributed by atoms with Crippen molar-refractivity contribution in [1.29, 1.82) is 0 Å². The van der Waals surface area contributed by atoms with Crippen LogP contribution in [-0.4, -0.2) is 29.0 Å². The summed E-state index contributed by atoms with van der Waals surface area (Å²) in [5.41, 5.74) is 0. The van der Waals surface area contributed by atoms with Crippen LogP contribution in [-0.2, 0) is 4.79 Å². The predicted molar refractivity (Wildman–Crippen MR) is 70.2 cm³/mol. The van der Waals surface area contributed by atoms with E-state index >= 15 is 0 Å². The van der Waals surface area contributed by atoms with Gasteiger partial charge in [-0.3, -0.25) is 4.79 Å². The van der Waals surface area contributed by atoms with Gasteiger partial charge < -0.3 is 10.2 Å². The Morgan fingerprint density at radius 3 is 2.62 bits per heavy atom. The molecule has 1 saturated heterocycles. The zero-order valence-corrected chi connectivity index (χ0v) is 11.1. The number of nitrogens with one attached hydrogen (secondary N) is 1. The third-order valence-corrected chi connectivity index (χ3v) is 3.43. The molecule has 1 rings (SSSR count). The van der Waals surface area contributed by atoms with E-state index in [0.29, 0.717) is 11.5 Å². The van der Waals surface area contributed by atoms with Crippen LogP contribution in [0.1, 0.15) is 46.0 Å². The summed E-state index contributed by atoms with van der Waals surface area (Å²) >= 11 is 5.23. The summed E-state index contributed by atoms with van der Waals surface area (Å²) in [6.07, 6.45) is 4.91. The molecule has 0 aliphatic carbocycles. The van der Waals surface area contributed by atoms with Gasteiger partial charge in [0.05, 0.1) is 0 Å². The maximum Gasteiger partial charge on any atom is 0.226 e. The molecular formula is C12H22N2OS. The molecular weight excluding hydrogens is 220 g/mol. The Morgan fingerprint density at radius 1 is 1.44 bits per heavy atom. The van der Waals surface area contributed by atoms with Crippen LogP contribution < -0.4 is 5.32 Å². The molecule has 16 heavy (non-hydrogen) atoms. The lowest BCUT2D eigenvalue weighted by Gasteiger charge is -2.32. The van der Waals surface area contributed by atoms with Crippen molar-refractivity contribution in [2.45, 2.75) is 46.0 Å². The summed E-state index contributed by atoms with van der Waals surface area (Å²) in [6, 6.07) is 0. The van der Waals surface area contributed by atoms with Crippen molar-refractivity contribution in [1.82, 2.24) is 10.2 Å². The van der Waals surface area contributed by atoms with E-state index in [1.54, 1.807) is 0 Å². The van der Waals surface area contributed by atoms with Gasteiger partial charge in [0.25, 0.3) is 0 Å². The fraction of sp³-hybridized carbons (Fsp3) is 0.833. The van der Waals surface area contributed by atoms with Crippen molar-refractivity contribution >= 4 is 23.2 Å². The van der Waals surface area contributed by atoms with Gasteiger partial charge in [-0.15, -0.1) is 0 Å². The number of likely N-dealkylation sites (tertiary alicyclic amines) is 1. The van der Waals surface area contributed by atoms with Crippen LogP contribution in [0.4, 0.5) is 0 Å². The minimum atomic E-state index is 0.0606. The second kappa shape index (κ2) is 6.84. The predicted octanol–water partition coefficient (Wildman–Crippen LogP) is 2.31. The number of thiocarbonyl (C=S) groups is 1. The smallest absolute Gasteiger partial charge is 0.226 e. The number of carbonyl (C=O) groups is 1. The molecule has 1 aliphatic rings. The highest BCUT2D eigenvalue weighted by atomic mass is 32.1. The van der Waals surface area contributed by atoms with E-state index in [4.69, 9.17) is 12.2 Å². The highest BCUT2D eigenvalue weighted by molar-refractivity contribution is 7.80. The second-order valence-electron chi connectivity index (χ2n) is 4.63. The van der Waals surface area contributed by atoms with Gasteiger partial charge in [0, 0.05) is 19.5 Å². The van der Waals surface area contributed by atoms with E-state index in [0.717, 1.165) is 31.8 Å². The zero-order valence-electron chi connectivity index (χ0n) is 10.3. The van der Waals surface area contributed by atoms with Crippen LogP contribution in [0.5, 0.6) is 0 Å². The first-order chi connectivity index (χ1) is 7.63. The number of carbonyl (C=O) groups excluding carboxylic acids is 1. The molecule has 0 radical (unpaired) electrons. The second-order valence-corrected chi connectivity index (χ2v) is 5.01. The number of amides is 1. The van der Waals surface area contributed by atoms with E-state index in [2.05, 4.69) is 24.1 Å². The molecule has 1 fully saturated rings. The first-order valence-electron chi connectivity index (χ1n) is 6.22. The molecule has 92 valence electrons. The molecule has 3 nitrogen and oxygen atoms in total. The van der Waals surface area contributed by atoms with Gasteiger partial charge in [-0.1, -0.05) is 20.3 Å². The Balaban J connectivity index is 2.26. The van der Waals surface area contributed by atoms with Crippen molar-refractivity contribution in [3.8, 4) is 0 Å². The first kappa shape index (κ1) is 13.4. The molecule has 0 aromatic carbocycles. The van der Waals surface area contributed by atoms with Gasteiger partial charge in [-0.2, -0.15) is 0 Å². The van der Waals surface area contributed by atoms with Gasteiger partial charge in [0.15, 0.2) is 5.11 Å². The number of hydrogen-bond donors (Lipinski definition) is 1. The zero-order chi connectivity index (χ0) is 12.0. The van der Waals surface area contributed by atoms with Crippen molar-refractivity contribution in [3.05, 3.63) is 0 Å². The summed E-state index contributed by atoms with van der Waals surface area (Å²) in [6.45, 7) is 6.31. The van der Waals surface area contributed by atoms with Crippen LogP contribution >= 0.6 is 12.2 Å². The molecule has 0 aromatic heterocycles. The number of nitrogens with zero attached hydrogens (tertiary/aromatic N) is 1. The summed E-state index contributed by atoms with van der Waals surface area (Å²) in [5.74, 6) is 0.848. The standard InChI is InChI=1S/C12H22N2OS/c1-3-4-5-11(15)13-12(16)14-8-6-10(2)7-9-14/h10H,3-9H2,1-2H3,(H,13,15,16). The molecule has 1 amide bonds. The lowest BCUT2D eigenvalue weighted by molar-refractivity contribution is -0.119. The summed E-state index contributed by atoms with van der Waals surface area (Å²) in [5, 5.41) is 3.44. The lowest BCUT2D eigenvalue weighted by Crippen LogP contribution is -2.46. The quantitative estimate of drug-likeness (QED) is 0.771. The van der Waals surface area contributed by atoms with E-state index < -0.39 is 0 Å². The fourth-order valence-electron chi connectivity index (χ4n) is 1.81. The van der Waals surface area contributed by atoms with Crippen LogP contribution in [0.25, 0.3) is 0 Å². The Morgan fingerprint density at radius 2 is 2.06 bits per heavy atom. The number of rotatable bonds is 3. The molecule has 0 saturated carbocycles. The number of hydrogen-bond acceptors (Lipinski definition) is 2. The topological polar surface area (TPSA) is 32.3 Å². The maximum absolute atomic E-state index is 11.5. The maximum atomic E-state index is 11.5. The molecule has 1 N–H and O–H groups in total. The van der Waals surface area contributed by atoms with Crippen LogP contribution in [0, 0.1) is 5.92 Å². The molecule has 0 aromatic rings. The van der Waals surface area contributed by atoms with E-state index in [1.165, 1.54) is 12.8 Å². The van der Waals surface area contributed by atoms with Gasteiger partial charge in [0.1, 0.15) is 0 Å². The van der Waals surface area contributed by atoms with E-state index in [-0.39, 0.29) is 5.91 Å². The largest absolute Gasteiger partial charge is 0.349 e. The molecule has 0 spiro atoms. The fourth-order valence-corrected chi connectivity index (χ4v) is 2.11. The van der Waals surface area contributed by atoms with Crippen molar-refractivity contribution in [2.75, 3.05) is 13.1 Å². The van der Waals surface area contributed by atoms with Gasteiger partial charge in [-0.25, -0.2) is 0 Å². The monoisotopic (exact) mass is 242 g/mol. The average molecular weight is 242 g/mol. The van der Waals surface area contributed by atoms with Crippen molar-refractivity contribution in [3.63, 3.8) is 0 Å². The minimum absolute atomic E-state index is 0.0606. The van der Waals surface area contributed by atoms with Gasteiger partial charge in [-0.05, 0) is 37.4 Å². The van der Waals surface area contributed by atoms with Crippen LogP contribution in [0.2, 0.25) is 0 Å². The molecule has 1 aliphatic heterocycles. The van der Waals surface area contributed by atoms with Crippen LogP contribution in [0.15, 0.2) is 0 Å². The Kier molecular flexibility index (Phi) is 5.74. The lowest BCUT2D eigenvalue weighted by atomic mass is 10.00. The summed E-state index contributed by atoms with van der Waals surface area (Å²) in [7, 11) is 0. The first-order valence-corrected chi connectivity index (χ1v) is 6.63. The Labute approximate surface area is 104 Å². The van der Waals surface area contributed by atoms with Crippen LogP contribution in [0.3, 0.4) is 0 Å². The molecule has 1 heterocycles.